The lowest BCUT2D eigenvalue weighted by Gasteiger charge is -2.12. The predicted molar refractivity (Wildman–Crippen MR) is 80.3 cm³/mol. The topological polar surface area (TPSA) is 84.5 Å². The number of urea groups is 1. The average molecular weight is 312 g/mol. The lowest BCUT2D eigenvalue weighted by Crippen LogP contribution is -2.43. The summed E-state index contributed by atoms with van der Waals surface area (Å²) in [6.45, 7) is 2.70. The van der Waals surface area contributed by atoms with E-state index in [2.05, 4.69) is 10.6 Å². The first-order chi connectivity index (χ1) is 9.94. The van der Waals surface area contributed by atoms with Crippen molar-refractivity contribution in [1.29, 1.82) is 0 Å². The third-order valence-electron chi connectivity index (χ3n) is 3.21. The third kappa shape index (κ3) is 5.26. The molecule has 0 aromatic heterocycles. The molecule has 116 valence electrons. The Kier molecular flexibility index (Phi) is 5.06. The molecule has 1 heterocycles. The fourth-order valence-corrected chi connectivity index (χ4v) is 3.86. The molecule has 0 bridgehead atoms. The highest BCUT2D eigenvalue weighted by atomic mass is 32.2. The summed E-state index contributed by atoms with van der Waals surface area (Å²) < 4.78 is 28.1. The zero-order valence-electron chi connectivity index (χ0n) is 12.0. The van der Waals surface area contributed by atoms with E-state index in [0.717, 1.165) is 11.3 Å². The van der Waals surface area contributed by atoms with Crippen molar-refractivity contribution in [2.45, 2.75) is 19.4 Å². The van der Waals surface area contributed by atoms with Gasteiger partial charge in [0.15, 0.2) is 9.84 Å². The smallest absolute Gasteiger partial charge is 0.315 e. The number of nitrogens with one attached hydrogen (secondary N) is 2. The zero-order chi connectivity index (χ0) is 15.3. The molecule has 1 aromatic rings. The molecule has 0 aliphatic carbocycles. The van der Waals surface area contributed by atoms with Crippen LogP contribution >= 0.6 is 0 Å². The van der Waals surface area contributed by atoms with E-state index in [-0.39, 0.29) is 23.6 Å². The van der Waals surface area contributed by atoms with Crippen molar-refractivity contribution in [3.05, 3.63) is 29.8 Å². The highest BCUT2D eigenvalue weighted by Gasteiger charge is 2.28. The maximum atomic E-state index is 11.6. The van der Waals surface area contributed by atoms with E-state index in [1.165, 1.54) is 0 Å². The van der Waals surface area contributed by atoms with E-state index in [1.807, 2.05) is 31.2 Å². The molecule has 2 N–H and O–H groups in total. The summed E-state index contributed by atoms with van der Waals surface area (Å²) in [6.07, 6.45) is 0.482. The first-order valence-electron chi connectivity index (χ1n) is 6.89. The second-order valence-corrected chi connectivity index (χ2v) is 7.39. The molecule has 1 fully saturated rings. The van der Waals surface area contributed by atoms with Gasteiger partial charge in [-0.05, 0) is 31.0 Å². The number of hydrogen-bond donors (Lipinski definition) is 2. The van der Waals surface area contributed by atoms with E-state index in [1.54, 1.807) is 0 Å². The fraction of sp³-hybridized carbons (Fsp3) is 0.500. The van der Waals surface area contributed by atoms with Gasteiger partial charge in [-0.2, -0.15) is 0 Å². The Hall–Kier alpha value is -1.76. The van der Waals surface area contributed by atoms with Gasteiger partial charge >= 0.3 is 6.03 Å². The van der Waals surface area contributed by atoms with Gasteiger partial charge in [-0.25, -0.2) is 13.2 Å². The first-order valence-corrected chi connectivity index (χ1v) is 8.71. The summed E-state index contributed by atoms with van der Waals surface area (Å²) in [5, 5.41) is 5.31. The standard InChI is InChI=1S/C14H20N2O4S/c1-11-3-2-4-13(9-11)20-7-6-15-14(17)16-12-5-8-21(18,19)10-12/h2-4,9,12H,5-8,10H2,1H3,(H2,15,16,17)/t12-/m0/s1. The summed E-state index contributed by atoms with van der Waals surface area (Å²) in [5.74, 6) is 0.938. The lowest BCUT2D eigenvalue weighted by atomic mass is 10.2. The summed E-state index contributed by atoms with van der Waals surface area (Å²) in [5.41, 5.74) is 1.11. The van der Waals surface area contributed by atoms with Gasteiger partial charge in [0.25, 0.3) is 0 Å². The number of sulfone groups is 1. The Bertz CT molecular complexity index is 601. The molecule has 2 amide bonds. The Morgan fingerprint density at radius 3 is 2.90 bits per heavy atom. The van der Waals surface area contributed by atoms with Gasteiger partial charge in [-0.15, -0.1) is 0 Å². The number of ether oxygens (including phenoxy) is 1. The first kappa shape index (κ1) is 15.6. The number of aryl methyl sites for hydroxylation is 1. The number of carbonyl (C=O) groups excluding carboxylic acids is 1. The summed E-state index contributed by atoms with van der Waals surface area (Å²) in [4.78, 5) is 11.6. The van der Waals surface area contributed by atoms with Crippen LogP contribution in [0.3, 0.4) is 0 Å². The fourth-order valence-electron chi connectivity index (χ4n) is 2.18. The minimum absolute atomic E-state index is 0.0280. The number of benzene rings is 1. The van der Waals surface area contributed by atoms with Gasteiger partial charge in [0.1, 0.15) is 12.4 Å². The molecular formula is C14H20N2O4S. The Balaban J connectivity index is 1.64. The number of rotatable bonds is 5. The van der Waals surface area contributed by atoms with Crippen LogP contribution in [0.15, 0.2) is 24.3 Å². The second kappa shape index (κ2) is 6.80. The van der Waals surface area contributed by atoms with E-state index < -0.39 is 9.84 Å². The molecule has 0 radical (unpaired) electrons. The molecule has 1 saturated heterocycles. The van der Waals surface area contributed by atoms with Crippen molar-refractivity contribution in [2.75, 3.05) is 24.7 Å². The SMILES string of the molecule is Cc1cccc(OCCNC(=O)N[C@H]2CCS(=O)(=O)C2)c1. The van der Waals surface area contributed by atoms with Gasteiger partial charge in [-0.3, -0.25) is 0 Å². The number of amides is 2. The van der Waals surface area contributed by atoms with Crippen LogP contribution < -0.4 is 15.4 Å². The molecule has 1 aromatic carbocycles. The molecule has 1 atom stereocenters. The van der Waals surface area contributed by atoms with Crippen molar-refractivity contribution >= 4 is 15.9 Å². The molecule has 1 aliphatic heterocycles. The van der Waals surface area contributed by atoms with Crippen LogP contribution in [-0.2, 0) is 9.84 Å². The van der Waals surface area contributed by atoms with Gasteiger partial charge in [-0.1, -0.05) is 12.1 Å². The number of hydrogen-bond acceptors (Lipinski definition) is 4. The second-order valence-electron chi connectivity index (χ2n) is 5.17. The molecule has 0 spiro atoms. The monoisotopic (exact) mass is 312 g/mol. The number of carbonyl (C=O) groups is 1. The van der Waals surface area contributed by atoms with Crippen LogP contribution in [0.2, 0.25) is 0 Å². The minimum atomic E-state index is -2.97. The summed E-state index contributed by atoms with van der Waals surface area (Å²) >= 11 is 0. The van der Waals surface area contributed by atoms with E-state index >= 15 is 0 Å². The Morgan fingerprint density at radius 2 is 2.24 bits per heavy atom. The minimum Gasteiger partial charge on any atom is -0.492 e. The van der Waals surface area contributed by atoms with Crippen LogP contribution in [0.5, 0.6) is 5.75 Å². The normalized spacial score (nSPS) is 20.0. The van der Waals surface area contributed by atoms with Crippen molar-refractivity contribution in [1.82, 2.24) is 10.6 Å². The van der Waals surface area contributed by atoms with Crippen molar-refractivity contribution in [3.8, 4) is 5.75 Å². The van der Waals surface area contributed by atoms with Crippen LogP contribution in [0, 0.1) is 6.92 Å². The molecule has 2 rings (SSSR count). The maximum absolute atomic E-state index is 11.6. The quantitative estimate of drug-likeness (QED) is 0.790. The van der Waals surface area contributed by atoms with Crippen molar-refractivity contribution in [2.24, 2.45) is 0 Å². The highest BCUT2D eigenvalue weighted by molar-refractivity contribution is 7.91. The molecule has 0 unspecified atom stereocenters. The molecule has 7 heteroatoms. The van der Waals surface area contributed by atoms with Crippen LogP contribution in [0.25, 0.3) is 0 Å². The molecule has 1 aliphatic rings. The average Bonchev–Trinajstić information content (AvgIpc) is 2.74. The summed E-state index contributed by atoms with van der Waals surface area (Å²) in [6, 6.07) is 7.03. The molecule has 21 heavy (non-hydrogen) atoms. The molecular weight excluding hydrogens is 292 g/mol. The van der Waals surface area contributed by atoms with Gasteiger partial charge < -0.3 is 15.4 Å². The molecule has 6 nitrogen and oxygen atoms in total. The largest absolute Gasteiger partial charge is 0.492 e. The van der Waals surface area contributed by atoms with Crippen LogP contribution in [-0.4, -0.2) is 45.1 Å². The predicted octanol–water partition coefficient (Wildman–Crippen LogP) is 0.860. The van der Waals surface area contributed by atoms with Crippen LogP contribution in [0.1, 0.15) is 12.0 Å². The highest BCUT2D eigenvalue weighted by Crippen LogP contribution is 2.12. The van der Waals surface area contributed by atoms with Gasteiger partial charge in [0, 0.05) is 6.04 Å². The molecule has 0 saturated carbocycles. The van der Waals surface area contributed by atoms with Crippen molar-refractivity contribution in [3.63, 3.8) is 0 Å². The van der Waals surface area contributed by atoms with Gasteiger partial charge in [0.2, 0.25) is 0 Å². The van der Waals surface area contributed by atoms with Crippen LogP contribution in [0.4, 0.5) is 4.79 Å². The maximum Gasteiger partial charge on any atom is 0.315 e. The lowest BCUT2D eigenvalue weighted by molar-refractivity contribution is 0.233. The van der Waals surface area contributed by atoms with Gasteiger partial charge in [0.05, 0.1) is 18.1 Å². The van der Waals surface area contributed by atoms with E-state index in [0.29, 0.717) is 19.6 Å². The van der Waals surface area contributed by atoms with Crippen molar-refractivity contribution < 1.29 is 17.9 Å². The van der Waals surface area contributed by atoms with E-state index in [4.69, 9.17) is 4.74 Å². The third-order valence-corrected chi connectivity index (χ3v) is 4.98. The summed E-state index contributed by atoms with van der Waals surface area (Å²) in [7, 11) is -2.97. The Labute approximate surface area is 124 Å². The Morgan fingerprint density at radius 1 is 1.43 bits per heavy atom. The zero-order valence-corrected chi connectivity index (χ0v) is 12.8. The van der Waals surface area contributed by atoms with E-state index in [9.17, 15) is 13.2 Å².